The Bertz CT molecular complexity index is 163. The molecule has 0 aromatic heterocycles. The van der Waals surface area contributed by atoms with Crippen molar-refractivity contribution in [3.05, 3.63) is 0 Å². The number of aliphatic hydroxyl groups excluding tert-OH is 2. The Morgan fingerprint density at radius 3 is 2.21 bits per heavy atom. The minimum atomic E-state index is -0.422. The standard InChI is InChI=1S/C8H14O5S/c9-3-5-12-7(11)1-2-8(14)13-6-4-10/h9-10H,1-6H2. The molecule has 2 N–H and O–H groups in total. The molecule has 6 heteroatoms. The molecule has 0 saturated carbocycles. The van der Waals surface area contributed by atoms with E-state index in [1.54, 1.807) is 0 Å². The smallest absolute Gasteiger partial charge is 0.306 e. The normalized spacial score (nSPS) is 9.57. The molecule has 0 bridgehead atoms. The predicted molar refractivity (Wildman–Crippen MR) is 52.9 cm³/mol. The van der Waals surface area contributed by atoms with E-state index in [-0.39, 0.29) is 37.9 Å². The lowest BCUT2D eigenvalue weighted by Crippen LogP contribution is -2.12. The zero-order valence-electron chi connectivity index (χ0n) is 7.77. The molecular weight excluding hydrogens is 208 g/mol. The zero-order valence-corrected chi connectivity index (χ0v) is 8.59. The first-order chi connectivity index (χ1) is 6.70. The molecule has 0 saturated heterocycles. The van der Waals surface area contributed by atoms with Gasteiger partial charge in [-0.05, 0) is 12.2 Å². The Balaban J connectivity index is 3.41. The molecule has 0 rings (SSSR count). The molecule has 0 amide bonds. The van der Waals surface area contributed by atoms with E-state index in [9.17, 15) is 4.79 Å². The van der Waals surface area contributed by atoms with Gasteiger partial charge in [-0.1, -0.05) is 0 Å². The first-order valence-corrected chi connectivity index (χ1v) is 4.64. The highest BCUT2D eigenvalue weighted by atomic mass is 32.1. The van der Waals surface area contributed by atoms with Crippen molar-refractivity contribution in [3.8, 4) is 0 Å². The van der Waals surface area contributed by atoms with Gasteiger partial charge in [0.1, 0.15) is 13.2 Å². The van der Waals surface area contributed by atoms with E-state index >= 15 is 0 Å². The van der Waals surface area contributed by atoms with E-state index in [0.717, 1.165) is 0 Å². The zero-order chi connectivity index (χ0) is 10.8. The van der Waals surface area contributed by atoms with Crippen molar-refractivity contribution < 1.29 is 24.5 Å². The predicted octanol–water partition coefficient (Wildman–Crippen LogP) is -0.362. The Morgan fingerprint density at radius 2 is 1.64 bits per heavy atom. The SMILES string of the molecule is O=C(CCC(=S)OCCO)OCCO. The van der Waals surface area contributed by atoms with Crippen LogP contribution >= 0.6 is 12.2 Å². The summed E-state index contributed by atoms with van der Waals surface area (Å²) in [5, 5.41) is 17.0. The fourth-order valence-electron chi connectivity index (χ4n) is 0.667. The summed E-state index contributed by atoms with van der Waals surface area (Å²) in [6.45, 7) is -0.139. The molecule has 0 spiro atoms. The van der Waals surface area contributed by atoms with Crippen molar-refractivity contribution in [1.29, 1.82) is 0 Å². The summed E-state index contributed by atoms with van der Waals surface area (Å²) in [4.78, 5) is 10.9. The van der Waals surface area contributed by atoms with E-state index < -0.39 is 5.97 Å². The molecule has 0 radical (unpaired) electrons. The maximum Gasteiger partial charge on any atom is 0.306 e. The summed E-state index contributed by atoms with van der Waals surface area (Å²) in [5.41, 5.74) is 0. The van der Waals surface area contributed by atoms with Gasteiger partial charge in [-0.25, -0.2) is 0 Å². The van der Waals surface area contributed by atoms with Crippen LogP contribution in [0.4, 0.5) is 0 Å². The van der Waals surface area contributed by atoms with Gasteiger partial charge in [0.15, 0.2) is 5.05 Å². The van der Waals surface area contributed by atoms with Crippen molar-refractivity contribution in [3.63, 3.8) is 0 Å². The van der Waals surface area contributed by atoms with Crippen molar-refractivity contribution in [1.82, 2.24) is 0 Å². The van der Waals surface area contributed by atoms with E-state index in [1.807, 2.05) is 0 Å². The van der Waals surface area contributed by atoms with Gasteiger partial charge in [-0.15, -0.1) is 0 Å². The fraction of sp³-hybridized carbons (Fsp3) is 0.750. The number of carbonyl (C=O) groups is 1. The van der Waals surface area contributed by atoms with E-state index in [0.29, 0.717) is 6.42 Å². The third kappa shape index (κ3) is 7.90. The summed E-state index contributed by atoms with van der Waals surface area (Å²) in [7, 11) is 0. The molecule has 5 nitrogen and oxygen atoms in total. The number of esters is 1. The van der Waals surface area contributed by atoms with Gasteiger partial charge in [0.05, 0.1) is 19.6 Å². The first-order valence-electron chi connectivity index (χ1n) is 4.23. The molecular formula is C8H14O5S. The van der Waals surface area contributed by atoms with Gasteiger partial charge in [0.25, 0.3) is 0 Å². The van der Waals surface area contributed by atoms with Crippen molar-refractivity contribution in [2.24, 2.45) is 0 Å². The number of aliphatic hydroxyl groups is 2. The highest BCUT2D eigenvalue weighted by Gasteiger charge is 2.05. The molecule has 82 valence electrons. The number of rotatable bonds is 7. The van der Waals surface area contributed by atoms with Gasteiger partial charge in [0, 0.05) is 6.42 Å². The topological polar surface area (TPSA) is 76.0 Å². The molecule has 0 heterocycles. The first kappa shape index (κ1) is 13.3. The van der Waals surface area contributed by atoms with Crippen molar-refractivity contribution >= 4 is 23.2 Å². The molecule has 0 aromatic rings. The molecule has 0 aliphatic heterocycles. The molecule has 0 fully saturated rings. The lowest BCUT2D eigenvalue weighted by atomic mass is 10.3. The Kier molecular flexibility index (Phi) is 8.40. The monoisotopic (exact) mass is 222 g/mol. The lowest BCUT2D eigenvalue weighted by molar-refractivity contribution is -0.144. The molecule has 0 aromatic carbocycles. The summed E-state index contributed by atoms with van der Waals surface area (Å²) in [5.74, 6) is -0.422. The maximum atomic E-state index is 10.9. The van der Waals surface area contributed by atoms with Crippen LogP contribution in [0, 0.1) is 0 Å². The molecule has 0 aliphatic rings. The highest BCUT2D eigenvalue weighted by molar-refractivity contribution is 7.80. The van der Waals surface area contributed by atoms with E-state index in [1.165, 1.54) is 0 Å². The van der Waals surface area contributed by atoms with Crippen LogP contribution in [0.2, 0.25) is 0 Å². The number of carbonyl (C=O) groups excluding carboxylic acids is 1. The van der Waals surface area contributed by atoms with Crippen LogP contribution in [0.5, 0.6) is 0 Å². The largest absolute Gasteiger partial charge is 0.485 e. The Morgan fingerprint density at radius 1 is 1.07 bits per heavy atom. The molecule has 14 heavy (non-hydrogen) atoms. The van der Waals surface area contributed by atoms with Gasteiger partial charge >= 0.3 is 5.97 Å². The van der Waals surface area contributed by atoms with E-state index in [2.05, 4.69) is 4.74 Å². The Hall–Kier alpha value is -0.720. The van der Waals surface area contributed by atoms with Crippen LogP contribution in [-0.2, 0) is 14.3 Å². The minimum absolute atomic E-state index is 0.00307. The quantitative estimate of drug-likeness (QED) is 0.452. The molecule has 0 atom stereocenters. The van der Waals surface area contributed by atoms with Crippen LogP contribution in [0.1, 0.15) is 12.8 Å². The van der Waals surface area contributed by atoms with Crippen molar-refractivity contribution in [2.45, 2.75) is 12.8 Å². The Labute approximate surface area is 87.6 Å². The second-order valence-electron chi connectivity index (χ2n) is 2.39. The van der Waals surface area contributed by atoms with Crippen LogP contribution < -0.4 is 0 Å². The summed E-state index contributed by atoms with van der Waals surface area (Å²) in [6, 6.07) is 0. The van der Waals surface area contributed by atoms with Crippen LogP contribution in [0.25, 0.3) is 0 Å². The van der Waals surface area contributed by atoms with Gasteiger partial charge in [0.2, 0.25) is 0 Å². The summed E-state index contributed by atoms with van der Waals surface area (Å²) < 4.78 is 9.46. The van der Waals surface area contributed by atoms with Crippen LogP contribution in [-0.4, -0.2) is 47.7 Å². The highest BCUT2D eigenvalue weighted by Crippen LogP contribution is 1.97. The number of hydrogen-bond acceptors (Lipinski definition) is 6. The van der Waals surface area contributed by atoms with Gasteiger partial charge in [-0.3, -0.25) is 4.79 Å². The van der Waals surface area contributed by atoms with Crippen LogP contribution in [0.3, 0.4) is 0 Å². The van der Waals surface area contributed by atoms with Crippen molar-refractivity contribution in [2.75, 3.05) is 26.4 Å². The summed E-state index contributed by atoms with van der Waals surface area (Å²) in [6.07, 6.45) is 0.420. The molecule has 0 unspecified atom stereocenters. The van der Waals surface area contributed by atoms with Gasteiger partial charge < -0.3 is 19.7 Å². The third-order valence-electron chi connectivity index (χ3n) is 1.24. The van der Waals surface area contributed by atoms with Crippen LogP contribution in [0.15, 0.2) is 0 Å². The number of thiocarbonyl (C=S) groups is 1. The second kappa shape index (κ2) is 8.86. The minimum Gasteiger partial charge on any atom is -0.485 e. The number of ether oxygens (including phenoxy) is 2. The van der Waals surface area contributed by atoms with E-state index in [4.69, 9.17) is 27.2 Å². The number of hydrogen-bond donors (Lipinski definition) is 2. The average Bonchev–Trinajstić information content (AvgIpc) is 2.20. The third-order valence-corrected chi connectivity index (χ3v) is 1.56. The van der Waals surface area contributed by atoms with Gasteiger partial charge in [-0.2, -0.15) is 0 Å². The fourth-order valence-corrected chi connectivity index (χ4v) is 0.853. The summed E-state index contributed by atoms with van der Waals surface area (Å²) >= 11 is 4.76. The lowest BCUT2D eigenvalue weighted by Gasteiger charge is -2.05. The molecule has 0 aliphatic carbocycles. The average molecular weight is 222 g/mol. The second-order valence-corrected chi connectivity index (χ2v) is 2.84. The maximum absolute atomic E-state index is 10.9.